The smallest absolute Gasteiger partial charge is 0.0774 e. The largest absolute Gasteiger partial charge is 0.389 e. The van der Waals surface area contributed by atoms with Crippen molar-refractivity contribution in [2.45, 2.75) is 51.2 Å². The van der Waals surface area contributed by atoms with Gasteiger partial charge in [0.2, 0.25) is 0 Å². The minimum absolute atomic E-state index is 0.299. The lowest BCUT2D eigenvalue weighted by Gasteiger charge is -2.28. The number of nitrogens with zero attached hydrogens (tertiary/aromatic N) is 1. The lowest BCUT2D eigenvalue weighted by atomic mass is 10.0. The maximum atomic E-state index is 10.2. The third kappa shape index (κ3) is 4.96. The quantitative estimate of drug-likeness (QED) is 0.731. The Morgan fingerprint density at radius 3 is 2.47 bits per heavy atom. The molecule has 0 bridgehead atoms. The van der Waals surface area contributed by atoms with E-state index >= 15 is 0 Å². The van der Waals surface area contributed by atoms with Crippen LogP contribution in [-0.2, 0) is 4.74 Å². The van der Waals surface area contributed by atoms with Crippen LogP contribution in [0.2, 0.25) is 0 Å². The Balaban J connectivity index is 2.14. The number of ether oxygens (including phenoxy) is 1. The van der Waals surface area contributed by atoms with Crippen molar-refractivity contribution in [2.75, 3.05) is 26.7 Å². The first kappa shape index (κ1) is 12.9. The van der Waals surface area contributed by atoms with Crippen molar-refractivity contribution < 1.29 is 9.84 Å². The summed E-state index contributed by atoms with van der Waals surface area (Å²) in [5, 5.41) is 10.2. The van der Waals surface area contributed by atoms with E-state index in [1.54, 1.807) is 0 Å². The Bertz CT molecular complexity index is 176. The Morgan fingerprint density at radius 2 is 1.93 bits per heavy atom. The van der Waals surface area contributed by atoms with Gasteiger partial charge in [-0.1, -0.05) is 12.8 Å². The van der Waals surface area contributed by atoms with Crippen molar-refractivity contribution in [2.24, 2.45) is 0 Å². The van der Waals surface area contributed by atoms with E-state index in [1.807, 2.05) is 13.8 Å². The molecule has 0 unspecified atom stereocenters. The SMILES string of the molecule is CC(C)OCCN(C)CC1(O)CCCC1. The summed E-state index contributed by atoms with van der Waals surface area (Å²) in [7, 11) is 2.06. The molecule has 1 fully saturated rings. The predicted octanol–water partition coefficient (Wildman–Crippen LogP) is 1.65. The molecule has 15 heavy (non-hydrogen) atoms. The molecule has 0 atom stereocenters. The van der Waals surface area contributed by atoms with E-state index < -0.39 is 5.60 Å². The Labute approximate surface area is 93.4 Å². The summed E-state index contributed by atoms with van der Waals surface area (Å²) in [6.07, 6.45) is 4.57. The Hall–Kier alpha value is -0.120. The van der Waals surface area contributed by atoms with Crippen molar-refractivity contribution in [3.8, 4) is 0 Å². The van der Waals surface area contributed by atoms with Crippen molar-refractivity contribution in [3.63, 3.8) is 0 Å². The van der Waals surface area contributed by atoms with E-state index in [4.69, 9.17) is 4.74 Å². The van der Waals surface area contributed by atoms with Gasteiger partial charge in [-0.2, -0.15) is 0 Å². The van der Waals surface area contributed by atoms with Crippen LogP contribution in [0.4, 0.5) is 0 Å². The van der Waals surface area contributed by atoms with Gasteiger partial charge in [0.05, 0.1) is 18.3 Å². The first-order chi connectivity index (χ1) is 7.02. The lowest BCUT2D eigenvalue weighted by Crippen LogP contribution is -2.40. The van der Waals surface area contributed by atoms with Crippen LogP contribution in [0.3, 0.4) is 0 Å². The second-order valence-corrected chi connectivity index (χ2v) is 5.09. The standard InChI is InChI=1S/C12H25NO2/c1-11(2)15-9-8-13(3)10-12(14)6-4-5-7-12/h11,14H,4-10H2,1-3H3. The van der Waals surface area contributed by atoms with Crippen molar-refractivity contribution >= 4 is 0 Å². The molecule has 1 aliphatic rings. The highest BCUT2D eigenvalue weighted by Gasteiger charge is 2.31. The highest BCUT2D eigenvalue weighted by molar-refractivity contribution is 4.86. The number of hydrogen-bond acceptors (Lipinski definition) is 3. The van der Waals surface area contributed by atoms with E-state index in [0.717, 1.165) is 32.5 Å². The van der Waals surface area contributed by atoms with Gasteiger partial charge in [0.25, 0.3) is 0 Å². The molecule has 0 aromatic heterocycles. The zero-order chi connectivity index (χ0) is 11.3. The van der Waals surface area contributed by atoms with Crippen molar-refractivity contribution in [1.29, 1.82) is 0 Å². The number of aliphatic hydroxyl groups is 1. The van der Waals surface area contributed by atoms with Gasteiger partial charge in [0.1, 0.15) is 0 Å². The van der Waals surface area contributed by atoms with Crippen LogP contribution in [0.1, 0.15) is 39.5 Å². The van der Waals surface area contributed by atoms with E-state index in [2.05, 4.69) is 11.9 Å². The van der Waals surface area contributed by atoms with Crippen LogP contribution in [0.15, 0.2) is 0 Å². The predicted molar refractivity (Wildman–Crippen MR) is 62.0 cm³/mol. The van der Waals surface area contributed by atoms with Gasteiger partial charge in [0, 0.05) is 13.1 Å². The topological polar surface area (TPSA) is 32.7 Å². The molecular weight excluding hydrogens is 190 g/mol. The molecule has 3 nitrogen and oxygen atoms in total. The van der Waals surface area contributed by atoms with Crippen LogP contribution >= 0.6 is 0 Å². The van der Waals surface area contributed by atoms with Crippen molar-refractivity contribution in [3.05, 3.63) is 0 Å². The number of hydrogen-bond donors (Lipinski definition) is 1. The lowest BCUT2D eigenvalue weighted by molar-refractivity contribution is 0.00294. The monoisotopic (exact) mass is 215 g/mol. The first-order valence-corrected chi connectivity index (χ1v) is 6.04. The van der Waals surface area contributed by atoms with Gasteiger partial charge in [-0.3, -0.25) is 0 Å². The zero-order valence-corrected chi connectivity index (χ0v) is 10.3. The minimum atomic E-state index is -0.424. The van der Waals surface area contributed by atoms with Crippen LogP contribution in [-0.4, -0.2) is 48.5 Å². The molecule has 0 aromatic carbocycles. The molecule has 3 heteroatoms. The van der Waals surface area contributed by atoms with E-state index in [1.165, 1.54) is 12.8 Å². The average molecular weight is 215 g/mol. The Kier molecular flexibility index (Phi) is 5.03. The molecule has 0 spiro atoms. The summed E-state index contributed by atoms with van der Waals surface area (Å²) in [4.78, 5) is 2.17. The summed E-state index contributed by atoms with van der Waals surface area (Å²) in [6.45, 7) is 6.54. The maximum Gasteiger partial charge on any atom is 0.0774 e. The highest BCUT2D eigenvalue weighted by atomic mass is 16.5. The summed E-state index contributed by atoms with van der Waals surface area (Å²) in [6, 6.07) is 0. The third-order valence-electron chi connectivity index (χ3n) is 3.02. The first-order valence-electron chi connectivity index (χ1n) is 6.04. The number of likely N-dealkylation sites (N-methyl/N-ethyl adjacent to an activating group) is 1. The van der Waals surface area contributed by atoms with Gasteiger partial charge in [-0.25, -0.2) is 0 Å². The minimum Gasteiger partial charge on any atom is -0.389 e. The van der Waals surface area contributed by atoms with Gasteiger partial charge in [-0.15, -0.1) is 0 Å². The van der Waals surface area contributed by atoms with Gasteiger partial charge >= 0.3 is 0 Å². The van der Waals surface area contributed by atoms with E-state index in [-0.39, 0.29) is 0 Å². The number of rotatable bonds is 6. The molecule has 0 amide bonds. The average Bonchev–Trinajstić information content (AvgIpc) is 2.50. The molecule has 1 N–H and O–H groups in total. The van der Waals surface area contributed by atoms with E-state index in [9.17, 15) is 5.11 Å². The second-order valence-electron chi connectivity index (χ2n) is 5.09. The molecule has 1 aliphatic carbocycles. The van der Waals surface area contributed by atoms with Crippen LogP contribution in [0, 0.1) is 0 Å². The molecular formula is C12H25NO2. The summed E-state index contributed by atoms with van der Waals surface area (Å²) < 4.78 is 5.49. The molecule has 1 saturated carbocycles. The molecule has 1 rings (SSSR count). The summed E-state index contributed by atoms with van der Waals surface area (Å²) in [5.74, 6) is 0. The molecule has 90 valence electrons. The van der Waals surface area contributed by atoms with Crippen LogP contribution in [0.25, 0.3) is 0 Å². The fraction of sp³-hybridized carbons (Fsp3) is 1.00. The van der Waals surface area contributed by atoms with Gasteiger partial charge < -0.3 is 14.7 Å². The molecule has 0 aliphatic heterocycles. The molecule has 0 aromatic rings. The molecule has 0 heterocycles. The van der Waals surface area contributed by atoms with Gasteiger partial charge in [0.15, 0.2) is 0 Å². The Morgan fingerprint density at radius 1 is 1.33 bits per heavy atom. The highest BCUT2D eigenvalue weighted by Crippen LogP contribution is 2.29. The van der Waals surface area contributed by atoms with Crippen molar-refractivity contribution in [1.82, 2.24) is 4.90 Å². The molecule has 0 radical (unpaired) electrons. The third-order valence-corrected chi connectivity index (χ3v) is 3.02. The fourth-order valence-electron chi connectivity index (χ4n) is 2.22. The van der Waals surface area contributed by atoms with Crippen LogP contribution in [0.5, 0.6) is 0 Å². The molecule has 0 saturated heterocycles. The summed E-state index contributed by atoms with van der Waals surface area (Å²) in [5.41, 5.74) is -0.424. The van der Waals surface area contributed by atoms with Crippen LogP contribution < -0.4 is 0 Å². The summed E-state index contributed by atoms with van der Waals surface area (Å²) >= 11 is 0. The van der Waals surface area contributed by atoms with Gasteiger partial charge in [-0.05, 0) is 33.7 Å². The maximum absolute atomic E-state index is 10.2. The fourth-order valence-corrected chi connectivity index (χ4v) is 2.22. The van der Waals surface area contributed by atoms with E-state index in [0.29, 0.717) is 6.10 Å². The normalized spacial score (nSPS) is 20.4. The second kappa shape index (κ2) is 5.83. The zero-order valence-electron chi connectivity index (χ0n) is 10.3.